The maximum absolute atomic E-state index is 13.1. The van der Waals surface area contributed by atoms with E-state index in [2.05, 4.69) is 20.4 Å². The SMILES string of the molecule is Cn1ncc(C(=O)O)c1C(=O)Nc1ccn2cc(-c3ccc(F)cc3)nc2n1. The molecule has 140 valence electrons. The number of aryl methyl sites for hydroxylation is 1. The van der Waals surface area contributed by atoms with Crippen molar-refractivity contribution in [3.05, 3.63) is 66.0 Å². The molecule has 0 aliphatic carbocycles. The number of benzene rings is 1. The molecule has 0 bridgehead atoms. The molecule has 0 spiro atoms. The highest BCUT2D eigenvalue weighted by Gasteiger charge is 2.22. The Bertz CT molecular complexity index is 1210. The third-order valence-corrected chi connectivity index (χ3v) is 4.09. The summed E-state index contributed by atoms with van der Waals surface area (Å²) in [7, 11) is 1.47. The van der Waals surface area contributed by atoms with Gasteiger partial charge in [-0.3, -0.25) is 13.9 Å². The summed E-state index contributed by atoms with van der Waals surface area (Å²) in [5, 5.41) is 15.5. The van der Waals surface area contributed by atoms with E-state index in [1.165, 1.54) is 23.9 Å². The minimum absolute atomic E-state index is 0.0930. The van der Waals surface area contributed by atoms with Gasteiger partial charge >= 0.3 is 5.97 Å². The minimum atomic E-state index is -1.25. The van der Waals surface area contributed by atoms with Crippen LogP contribution >= 0.6 is 0 Å². The number of hydrogen-bond acceptors (Lipinski definition) is 5. The van der Waals surface area contributed by atoms with Gasteiger partial charge < -0.3 is 10.4 Å². The summed E-state index contributed by atoms with van der Waals surface area (Å²) in [6, 6.07) is 7.45. The molecule has 0 saturated heterocycles. The summed E-state index contributed by atoms with van der Waals surface area (Å²) >= 11 is 0. The Labute approximate surface area is 157 Å². The van der Waals surface area contributed by atoms with Crippen molar-refractivity contribution in [3.63, 3.8) is 0 Å². The maximum Gasteiger partial charge on any atom is 0.339 e. The third kappa shape index (κ3) is 3.07. The summed E-state index contributed by atoms with van der Waals surface area (Å²) in [6.07, 6.45) is 4.49. The Morgan fingerprint density at radius 3 is 2.61 bits per heavy atom. The Morgan fingerprint density at radius 2 is 1.89 bits per heavy atom. The quantitative estimate of drug-likeness (QED) is 0.561. The van der Waals surface area contributed by atoms with Gasteiger partial charge in [-0.2, -0.15) is 10.1 Å². The largest absolute Gasteiger partial charge is 0.478 e. The number of nitrogens with zero attached hydrogens (tertiary/aromatic N) is 5. The number of aromatic nitrogens is 5. The number of anilines is 1. The van der Waals surface area contributed by atoms with E-state index in [0.29, 0.717) is 11.5 Å². The van der Waals surface area contributed by atoms with Gasteiger partial charge in [0, 0.05) is 25.0 Å². The molecule has 1 aromatic carbocycles. The molecule has 0 unspecified atom stereocenters. The van der Waals surface area contributed by atoms with Crippen LogP contribution in [0.2, 0.25) is 0 Å². The first kappa shape index (κ1) is 17.3. The lowest BCUT2D eigenvalue weighted by Crippen LogP contribution is -2.20. The Kier molecular flexibility index (Phi) is 4.07. The van der Waals surface area contributed by atoms with Gasteiger partial charge in [-0.15, -0.1) is 0 Å². The van der Waals surface area contributed by atoms with E-state index in [9.17, 15) is 19.1 Å². The van der Waals surface area contributed by atoms with Crippen molar-refractivity contribution >= 4 is 23.5 Å². The van der Waals surface area contributed by atoms with Crippen molar-refractivity contribution in [3.8, 4) is 11.3 Å². The molecule has 4 rings (SSSR count). The number of halogens is 1. The van der Waals surface area contributed by atoms with Crippen LogP contribution < -0.4 is 5.32 Å². The Hall–Kier alpha value is -4.08. The molecule has 9 nitrogen and oxygen atoms in total. The molecule has 1 amide bonds. The second-order valence-electron chi connectivity index (χ2n) is 5.94. The predicted molar refractivity (Wildman–Crippen MR) is 96.5 cm³/mol. The van der Waals surface area contributed by atoms with E-state index in [0.717, 1.165) is 11.8 Å². The Balaban J connectivity index is 1.63. The first-order valence-corrected chi connectivity index (χ1v) is 8.11. The topological polar surface area (TPSA) is 114 Å². The van der Waals surface area contributed by atoms with Crippen LogP contribution in [-0.2, 0) is 7.05 Å². The van der Waals surface area contributed by atoms with Crippen LogP contribution in [0.3, 0.4) is 0 Å². The molecular weight excluding hydrogens is 367 g/mol. The van der Waals surface area contributed by atoms with Crippen molar-refractivity contribution in [1.29, 1.82) is 0 Å². The van der Waals surface area contributed by atoms with E-state index in [4.69, 9.17) is 0 Å². The first-order chi connectivity index (χ1) is 13.4. The molecule has 28 heavy (non-hydrogen) atoms. The molecule has 3 heterocycles. The van der Waals surface area contributed by atoms with Crippen molar-refractivity contribution in [2.75, 3.05) is 5.32 Å². The number of nitrogens with one attached hydrogen (secondary N) is 1. The summed E-state index contributed by atoms with van der Waals surface area (Å²) in [4.78, 5) is 32.4. The number of hydrogen-bond donors (Lipinski definition) is 2. The number of fused-ring (bicyclic) bond motifs is 1. The molecule has 0 aliphatic rings. The molecule has 10 heteroatoms. The molecule has 0 aliphatic heterocycles. The predicted octanol–water partition coefficient (Wildman–Crippen LogP) is 2.22. The molecule has 0 saturated carbocycles. The van der Waals surface area contributed by atoms with Crippen LogP contribution in [0.25, 0.3) is 17.0 Å². The Morgan fingerprint density at radius 1 is 1.14 bits per heavy atom. The van der Waals surface area contributed by atoms with Gasteiger partial charge in [-0.05, 0) is 30.3 Å². The first-order valence-electron chi connectivity index (χ1n) is 8.11. The van der Waals surface area contributed by atoms with Crippen molar-refractivity contribution in [1.82, 2.24) is 24.1 Å². The third-order valence-electron chi connectivity index (χ3n) is 4.09. The summed E-state index contributed by atoms with van der Waals surface area (Å²) in [6.45, 7) is 0. The van der Waals surface area contributed by atoms with Crippen LogP contribution in [0.4, 0.5) is 10.2 Å². The molecule has 3 aromatic heterocycles. The highest BCUT2D eigenvalue weighted by atomic mass is 19.1. The van der Waals surface area contributed by atoms with Crippen molar-refractivity contribution in [2.45, 2.75) is 0 Å². The second kappa shape index (κ2) is 6.58. The normalized spacial score (nSPS) is 10.9. The van der Waals surface area contributed by atoms with Crippen LogP contribution in [0.5, 0.6) is 0 Å². The number of carbonyl (C=O) groups is 2. The van der Waals surface area contributed by atoms with E-state index < -0.39 is 11.9 Å². The fraction of sp³-hybridized carbons (Fsp3) is 0.0556. The highest BCUT2D eigenvalue weighted by molar-refractivity contribution is 6.09. The summed E-state index contributed by atoms with van der Waals surface area (Å²) in [5.41, 5.74) is 1.01. The number of carboxylic acid groups (broad SMARTS) is 1. The van der Waals surface area contributed by atoms with Crippen LogP contribution in [0.15, 0.2) is 48.9 Å². The number of aromatic carboxylic acids is 1. The van der Waals surface area contributed by atoms with Crippen LogP contribution in [0, 0.1) is 5.82 Å². The van der Waals surface area contributed by atoms with E-state index >= 15 is 0 Å². The highest BCUT2D eigenvalue weighted by Crippen LogP contribution is 2.20. The molecule has 2 N–H and O–H groups in total. The number of carboxylic acids is 1. The number of amides is 1. The standard InChI is InChI=1S/C18H13FN6O3/c1-24-15(12(8-20-24)17(27)28)16(26)22-14-6-7-25-9-13(21-18(25)23-14)10-2-4-11(19)5-3-10/h2-9H,1H3,(H,27,28)(H,21,22,23,26). The van der Waals surface area contributed by atoms with Gasteiger partial charge in [-0.25, -0.2) is 14.2 Å². The average Bonchev–Trinajstić information content (AvgIpc) is 3.25. The van der Waals surface area contributed by atoms with Gasteiger partial charge in [0.1, 0.15) is 22.9 Å². The fourth-order valence-electron chi connectivity index (χ4n) is 2.74. The molecule has 0 radical (unpaired) electrons. The van der Waals surface area contributed by atoms with Crippen LogP contribution in [-0.4, -0.2) is 41.1 Å². The average molecular weight is 380 g/mol. The zero-order valence-corrected chi connectivity index (χ0v) is 14.5. The van der Waals surface area contributed by atoms with E-state index in [1.54, 1.807) is 35.0 Å². The van der Waals surface area contributed by atoms with Crippen molar-refractivity contribution < 1.29 is 19.1 Å². The second-order valence-corrected chi connectivity index (χ2v) is 5.94. The van der Waals surface area contributed by atoms with Gasteiger partial charge in [0.15, 0.2) is 0 Å². The van der Waals surface area contributed by atoms with Gasteiger partial charge in [-0.1, -0.05) is 0 Å². The minimum Gasteiger partial charge on any atom is -0.478 e. The number of carbonyl (C=O) groups excluding carboxylic acids is 1. The smallest absolute Gasteiger partial charge is 0.339 e. The molecule has 0 atom stereocenters. The lowest BCUT2D eigenvalue weighted by molar-refractivity contribution is 0.0692. The van der Waals surface area contributed by atoms with Gasteiger partial charge in [0.05, 0.1) is 11.9 Å². The van der Waals surface area contributed by atoms with Gasteiger partial charge in [0.2, 0.25) is 5.78 Å². The summed E-state index contributed by atoms with van der Waals surface area (Å²) < 4.78 is 15.9. The maximum atomic E-state index is 13.1. The fourth-order valence-corrected chi connectivity index (χ4v) is 2.74. The monoisotopic (exact) mass is 380 g/mol. The van der Waals surface area contributed by atoms with Crippen molar-refractivity contribution in [2.24, 2.45) is 7.05 Å². The zero-order valence-electron chi connectivity index (χ0n) is 14.5. The number of imidazole rings is 1. The lowest BCUT2D eigenvalue weighted by Gasteiger charge is -2.06. The molecule has 0 fully saturated rings. The lowest BCUT2D eigenvalue weighted by atomic mass is 10.2. The van der Waals surface area contributed by atoms with Crippen LogP contribution in [0.1, 0.15) is 20.8 Å². The molecular formula is C18H13FN6O3. The van der Waals surface area contributed by atoms with E-state index in [-0.39, 0.29) is 22.9 Å². The molecule has 4 aromatic rings. The van der Waals surface area contributed by atoms with Gasteiger partial charge in [0.25, 0.3) is 5.91 Å². The number of rotatable bonds is 4. The van der Waals surface area contributed by atoms with E-state index in [1.807, 2.05) is 0 Å². The summed E-state index contributed by atoms with van der Waals surface area (Å²) in [5.74, 6) is -1.73. The zero-order chi connectivity index (χ0) is 19.8.